The van der Waals surface area contributed by atoms with Gasteiger partial charge in [-0.15, -0.1) is 10.2 Å². The predicted octanol–water partition coefficient (Wildman–Crippen LogP) is 3.87. The normalized spacial score (nSPS) is 10.9. The summed E-state index contributed by atoms with van der Waals surface area (Å²) in [6.45, 7) is 2.54. The maximum Gasteiger partial charge on any atom is 0.264 e. The highest BCUT2D eigenvalue weighted by molar-refractivity contribution is 7.99. The van der Waals surface area contributed by atoms with Gasteiger partial charge in [0.2, 0.25) is 11.1 Å². The number of hydrogen-bond acceptors (Lipinski definition) is 8. The van der Waals surface area contributed by atoms with Crippen molar-refractivity contribution in [2.75, 3.05) is 28.9 Å². The van der Waals surface area contributed by atoms with Gasteiger partial charge in [-0.2, -0.15) is 5.10 Å². The molecule has 0 spiro atoms. The Hall–Kier alpha value is -2.95. The SMILES string of the molecule is CCOc1ccc(/C=N/Nc2nnc(SCC(=O)Nc3ccc(Cl)cc3Cl)n2N)cc1. The molecule has 12 heteroatoms. The zero-order chi connectivity index (χ0) is 22.2. The Morgan fingerprint density at radius 1 is 1.26 bits per heavy atom. The van der Waals surface area contributed by atoms with Crippen LogP contribution in [0.25, 0.3) is 0 Å². The lowest BCUT2D eigenvalue weighted by atomic mass is 10.2. The van der Waals surface area contributed by atoms with Crippen molar-refractivity contribution in [1.29, 1.82) is 0 Å². The van der Waals surface area contributed by atoms with Gasteiger partial charge in [0.05, 0.1) is 29.3 Å². The molecule has 0 aliphatic carbocycles. The summed E-state index contributed by atoms with van der Waals surface area (Å²) >= 11 is 13.0. The highest BCUT2D eigenvalue weighted by Gasteiger charge is 2.13. The third-order valence-corrected chi connectivity index (χ3v) is 5.26. The number of hydrazone groups is 1. The first-order chi connectivity index (χ1) is 15.0. The van der Waals surface area contributed by atoms with Gasteiger partial charge in [-0.25, -0.2) is 10.1 Å². The number of carbonyl (C=O) groups excluding carboxylic acids is 1. The summed E-state index contributed by atoms with van der Waals surface area (Å²) in [5.74, 6) is 6.77. The van der Waals surface area contributed by atoms with Gasteiger partial charge < -0.3 is 15.9 Å². The number of carbonyl (C=O) groups is 1. The van der Waals surface area contributed by atoms with Crippen molar-refractivity contribution in [3.05, 3.63) is 58.1 Å². The first kappa shape index (κ1) is 22.7. The van der Waals surface area contributed by atoms with E-state index in [1.807, 2.05) is 31.2 Å². The topological polar surface area (TPSA) is 119 Å². The minimum atomic E-state index is -0.278. The quantitative estimate of drug-likeness (QED) is 0.184. The van der Waals surface area contributed by atoms with Crippen molar-refractivity contribution in [2.45, 2.75) is 12.1 Å². The number of nitrogens with zero attached hydrogens (tertiary/aromatic N) is 4. The van der Waals surface area contributed by atoms with Crippen LogP contribution in [0.2, 0.25) is 10.0 Å². The Morgan fingerprint density at radius 3 is 2.74 bits per heavy atom. The molecule has 1 amide bonds. The lowest BCUT2D eigenvalue weighted by molar-refractivity contribution is -0.113. The van der Waals surface area contributed by atoms with Crippen LogP contribution in [0, 0.1) is 0 Å². The Labute approximate surface area is 192 Å². The number of rotatable bonds is 9. The monoisotopic (exact) mass is 479 g/mol. The molecule has 0 saturated carbocycles. The second-order valence-electron chi connectivity index (χ2n) is 6.01. The first-order valence-electron chi connectivity index (χ1n) is 9.06. The van der Waals surface area contributed by atoms with Crippen LogP contribution in [-0.2, 0) is 4.79 Å². The molecule has 162 valence electrons. The summed E-state index contributed by atoms with van der Waals surface area (Å²) < 4.78 is 6.61. The van der Waals surface area contributed by atoms with Crippen LogP contribution in [0.15, 0.2) is 52.7 Å². The lowest BCUT2D eigenvalue weighted by Crippen LogP contribution is -2.17. The summed E-state index contributed by atoms with van der Waals surface area (Å²) in [6.07, 6.45) is 1.61. The molecule has 0 fully saturated rings. The van der Waals surface area contributed by atoms with Crippen molar-refractivity contribution in [2.24, 2.45) is 5.10 Å². The highest BCUT2D eigenvalue weighted by Crippen LogP contribution is 2.26. The van der Waals surface area contributed by atoms with E-state index in [1.54, 1.807) is 24.4 Å². The fourth-order valence-electron chi connectivity index (χ4n) is 2.34. The molecule has 4 N–H and O–H groups in total. The Morgan fingerprint density at radius 2 is 2.03 bits per heavy atom. The summed E-state index contributed by atoms with van der Waals surface area (Å²) in [7, 11) is 0. The van der Waals surface area contributed by atoms with E-state index in [-0.39, 0.29) is 17.6 Å². The van der Waals surface area contributed by atoms with Crippen molar-refractivity contribution in [1.82, 2.24) is 14.9 Å². The van der Waals surface area contributed by atoms with E-state index in [4.69, 9.17) is 33.8 Å². The molecule has 2 aromatic carbocycles. The maximum atomic E-state index is 12.2. The fourth-order valence-corrected chi connectivity index (χ4v) is 3.45. The van der Waals surface area contributed by atoms with Gasteiger partial charge in [-0.05, 0) is 55.0 Å². The van der Waals surface area contributed by atoms with Gasteiger partial charge in [-0.3, -0.25) is 4.79 Å². The minimum Gasteiger partial charge on any atom is -0.494 e. The van der Waals surface area contributed by atoms with Crippen LogP contribution in [0.3, 0.4) is 0 Å². The number of thioether (sulfide) groups is 1. The molecule has 1 aromatic heterocycles. The molecule has 0 unspecified atom stereocenters. The van der Waals surface area contributed by atoms with Crippen molar-refractivity contribution >= 4 is 58.7 Å². The minimum absolute atomic E-state index is 0.0593. The highest BCUT2D eigenvalue weighted by atomic mass is 35.5. The molecule has 0 saturated heterocycles. The number of halogens is 2. The molecule has 3 rings (SSSR count). The molecule has 31 heavy (non-hydrogen) atoms. The van der Waals surface area contributed by atoms with Gasteiger partial charge in [0.25, 0.3) is 5.95 Å². The summed E-state index contributed by atoms with van der Waals surface area (Å²) in [5.41, 5.74) is 4.06. The second kappa shape index (κ2) is 10.9. The number of ether oxygens (including phenoxy) is 1. The Balaban J connectivity index is 1.51. The average Bonchev–Trinajstić information content (AvgIpc) is 3.10. The van der Waals surface area contributed by atoms with Gasteiger partial charge in [-0.1, -0.05) is 35.0 Å². The molecule has 1 heterocycles. The van der Waals surface area contributed by atoms with Gasteiger partial charge in [0, 0.05) is 5.02 Å². The summed E-state index contributed by atoms with van der Waals surface area (Å²) in [5, 5.41) is 15.9. The zero-order valence-corrected chi connectivity index (χ0v) is 18.7. The van der Waals surface area contributed by atoms with Crippen LogP contribution in [0.5, 0.6) is 5.75 Å². The third-order valence-electron chi connectivity index (χ3n) is 3.77. The standard InChI is InChI=1S/C19H19Cl2N7O2S/c1-2-30-14-6-3-12(4-7-14)10-23-25-18-26-27-19(28(18)22)31-11-17(29)24-16-8-5-13(20)9-15(16)21/h3-10H,2,11,22H2,1H3,(H,24,29)(H,25,26)/b23-10+. The molecule has 0 atom stereocenters. The van der Waals surface area contributed by atoms with Crippen LogP contribution < -0.4 is 21.3 Å². The molecular formula is C19H19Cl2N7O2S. The van der Waals surface area contributed by atoms with Crippen LogP contribution in [-0.4, -0.2) is 39.4 Å². The van der Waals surface area contributed by atoms with Crippen molar-refractivity contribution in [3.63, 3.8) is 0 Å². The molecule has 0 aliphatic rings. The maximum absolute atomic E-state index is 12.2. The fraction of sp³-hybridized carbons (Fsp3) is 0.158. The first-order valence-corrected chi connectivity index (χ1v) is 10.8. The van der Waals surface area contributed by atoms with Gasteiger partial charge in [0.15, 0.2) is 0 Å². The number of anilines is 2. The summed E-state index contributed by atoms with van der Waals surface area (Å²) in [4.78, 5) is 12.2. The van der Waals surface area contributed by atoms with Crippen molar-refractivity contribution < 1.29 is 9.53 Å². The van der Waals surface area contributed by atoms with E-state index in [1.165, 1.54) is 4.68 Å². The Kier molecular flexibility index (Phi) is 7.99. The van der Waals surface area contributed by atoms with Gasteiger partial charge in [0.1, 0.15) is 5.75 Å². The van der Waals surface area contributed by atoms with E-state index < -0.39 is 0 Å². The lowest BCUT2D eigenvalue weighted by Gasteiger charge is -2.07. The molecule has 0 bridgehead atoms. The number of nitrogen functional groups attached to an aromatic ring is 1. The molecular weight excluding hydrogens is 461 g/mol. The molecule has 3 aromatic rings. The van der Waals surface area contributed by atoms with Crippen LogP contribution in [0.1, 0.15) is 12.5 Å². The van der Waals surface area contributed by atoms with Crippen LogP contribution in [0.4, 0.5) is 11.6 Å². The number of benzene rings is 2. The zero-order valence-electron chi connectivity index (χ0n) is 16.4. The smallest absolute Gasteiger partial charge is 0.264 e. The Bertz CT molecular complexity index is 1070. The molecule has 0 radical (unpaired) electrons. The van der Waals surface area contributed by atoms with Gasteiger partial charge >= 0.3 is 0 Å². The van der Waals surface area contributed by atoms with E-state index in [0.29, 0.717) is 27.5 Å². The number of hydrogen-bond donors (Lipinski definition) is 3. The molecule has 0 aliphatic heterocycles. The number of nitrogens with two attached hydrogens (primary N) is 1. The largest absolute Gasteiger partial charge is 0.494 e. The number of aromatic nitrogens is 3. The van der Waals surface area contributed by atoms with E-state index in [0.717, 1.165) is 23.1 Å². The van der Waals surface area contributed by atoms with E-state index >= 15 is 0 Å². The number of nitrogens with one attached hydrogen (secondary N) is 2. The van der Waals surface area contributed by atoms with E-state index in [9.17, 15) is 4.79 Å². The third kappa shape index (κ3) is 6.51. The van der Waals surface area contributed by atoms with Crippen molar-refractivity contribution in [3.8, 4) is 5.75 Å². The number of amides is 1. The van der Waals surface area contributed by atoms with Crippen LogP contribution >= 0.6 is 35.0 Å². The molecule has 9 nitrogen and oxygen atoms in total. The second-order valence-corrected chi connectivity index (χ2v) is 7.80. The van der Waals surface area contributed by atoms with E-state index in [2.05, 4.69) is 26.0 Å². The predicted molar refractivity (Wildman–Crippen MR) is 125 cm³/mol. The average molecular weight is 480 g/mol. The summed E-state index contributed by atoms with van der Waals surface area (Å²) in [6, 6.07) is 12.3.